The molecule has 2 rings (SSSR count). The second-order valence-electron chi connectivity index (χ2n) is 7.36. The van der Waals surface area contributed by atoms with Crippen molar-refractivity contribution in [3.05, 3.63) is 30.1 Å². The summed E-state index contributed by atoms with van der Waals surface area (Å²) in [4.78, 5) is 14.0. The molecule has 1 amide bonds. The standard InChI is InChI=1S/C18H27FN2O2/c1-13(20-17(22)23-18(2,3)4)11-14-9-10-21(12-14)16-7-5-15(19)6-8-16/h5-8,13-14H,9-12H2,1-4H3,(H,20,22). The number of carbonyl (C=O) groups excluding carboxylic acids is 1. The number of hydrogen-bond donors (Lipinski definition) is 1. The van der Waals surface area contributed by atoms with Gasteiger partial charge in [-0.25, -0.2) is 9.18 Å². The highest BCUT2D eigenvalue weighted by atomic mass is 19.1. The van der Waals surface area contributed by atoms with Crippen molar-refractivity contribution in [2.45, 2.75) is 52.2 Å². The number of hydrogen-bond acceptors (Lipinski definition) is 3. The van der Waals surface area contributed by atoms with E-state index in [0.29, 0.717) is 5.92 Å². The van der Waals surface area contributed by atoms with E-state index >= 15 is 0 Å². The molecule has 4 nitrogen and oxygen atoms in total. The summed E-state index contributed by atoms with van der Waals surface area (Å²) in [5.74, 6) is 0.310. The van der Waals surface area contributed by atoms with Crippen LogP contribution >= 0.6 is 0 Å². The molecular formula is C18H27FN2O2. The molecule has 5 heteroatoms. The van der Waals surface area contributed by atoms with Crippen molar-refractivity contribution in [2.75, 3.05) is 18.0 Å². The van der Waals surface area contributed by atoms with Crippen LogP contribution in [0.3, 0.4) is 0 Å². The Labute approximate surface area is 138 Å². The fourth-order valence-electron chi connectivity index (χ4n) is 2.98. The predicted molar refractivity (Wildman–Crippen MR) is 90.2 cm³/mol. The van der Waals surface area contributed by atoms with Gasteiger partial charge in [-0.15, -0.1) is 0 Å². The van der Waals surface area contributed by atoms with Crippen molar-refractivity contribution < 1.29 is 13.9 Å². The molecule has 0 aliphatic carbocycles. The number of rotatable bonds is 4. The van der Waals surface area contributed by atoms with E-state index in [4.69, 9.17) is 4.74 Å². The third-order valence-electron chi connectivity index (χ3n) is 3.93. The van der Waals surface area contributed by atoms with Crippen LogP contribution < -0.4 is 10.2 Å². The molecule has 2 atom stereocenters. The van der Waals surface area contributed by atoms with Gasteiger partial charge in [0, 0.05) is 24.8 Å². The summed E-state index contributed by atoms with van der Waals surface area (Å²) in [7, 11) is 0. The molecule has 0 bridgehead atoms. The first kappa shape index (κ1) is 17.6. The molecule has 1 aliphatic heterocycles. The van der Waals surface area contributed by atoms with Crippen LogP contribution in [0.2, 0.25) is 0 Å². The molecule has 1 aromatic rings. The first-order chi connectivity index (χ1) is 10.7. The van der Waals surface area contributed by atoms with Gasteiger partial charge in [-0.05, 0) is 70.7 Å². The highest BCUT2D eigenvalue weighted by Gasteiger charge is 2.25. The lowest BCUT2D eigenvalue weighted by molar-refractivity contribution is 0.0503. The van der Waals surface area contributed by atoms with Crippen LogP contribution in [0.15, 0.2) is 24.3 Å². The van der Waals surface area contributed by atoms with E-state index in [1.807, 2.05) is 39.8 Å². The van der Waals surface area contributed by atoms with Crippen molar-refractivity contribution in [3.63, 3.8) is 0 Å². The number of amides is 1. The third kappa shape index (κ3) is 5.73. The minimum absolute atomic E-state index is 0.0722. The summed E-state index contributed by atoms with van der Waals surface area (Å²) >= 11 is 0. The topological polar surface area (TPSA) is 41.6 Å². The lowest BCUT2D eigenvalue weighted by Gasteiger charge is -2.23. The van der Waals surface area contributed by atoms with Gasteiger partial charge in [0.2, 0.25) is 0 Å². The third-order valence-corrected chi connectivity index (χ3v) is 3.93. The molecule has 0 aromatic heterocycles. The number of benzene rings is 1. The molecule has 1 saturated heterocycles. The van der Waals surface area contributed by atoms with Crippen molar-refractivity contribution in [1.82, 2.24) is 5.32 Å². The molecule has 0 spiro atoms. The zero-order valence-corrected chi connectivity index (χ0v) is 14.4. The second kappa shape index (κ2) is 7.20. The predicted octanol–water partition coefficient (Wildman–Crippen LogP) is 3.96. The average Bonchev–Trinajstić information content (AvgIpc) is 2.85. The summed E-state index contributed by atoms with van der Waals surface area (Å²) in [5, 5.41) is 2.90. The fourth-order valence-corrected chi connectivity index (χ4v) is 2.98. The Morgan fingerprint density at radius 2 is 2.04 bits per heavy atom. The van der Waals surface area contributed by atoms with Crippen LogP contribution in [0, 0.1) is 11.7 Å². The van der Waals surface area contributed by atoms with Crippen molar-refractivity contribution in [3.8, 4) is 0 Å². The van der Waals surface area contributed by atoms with Crippen molar-refractivity contribution in [2.24, 2.45) is 5.92 Å². The van der Waals surface area contributed by atoms with Gasteiger partial charge in [-0.1, -0.05) is 0 Å². The van der Waals surface area contributed by atoms with Crippen LogP contribution in [-0.4, -0.2) is 30.8 Å². The van der Waals surface area contributed by atoms with Crippen LogP contribution in [0.1, 0.15) is 40.5 Å². The van der Waals surface area contributed by atoms with E-state index in [1.54, 1.807) is 0 Å². The first-order valence-corrected chi connectivity index (χ1v) is 8.23. The molecular weight excluding hydrogens is 295 g/mol. The SMILES string of the molecule is CC(CC1CCN(c2ccc(F)cc2)C1)NC(=O)OC(C)(C)C. The normalized spacial score (nSPS) is 19.5. The summed E-state index contributed by atoms with van der Waals surface area (Å²) in [6, 6.07) is 6.70. The summed E-state index contributed by atoms with van der Waals surface area (Å²) in [6.45, 7) is 9.48. The molecule has 2 unspecified atom stereocenters. The fraction of sp³-hybridized carbons (Fsp3) is 0.611. The maximum absolute atomic E-state index is 13.0. The van der Waals surface area contributed by atoms with E-state index in [9.17, 15) is 9.18 Å². The molecule has 23 heavy (non-hydrogen) atoms. The van der Waals surface area contributed by atoms with E-state index in [0.717, 1.165) is 31.6 Å². The monoisotopic (exact) mass is 322 g/mol. The van der Waals surface area contributed by atoms with Gasteiger partial charge in [0.05, 0.1) is 0 Å². The molecule has 1 aromatic carbocycles. The lowest BCUT2D eigenvalue weighted by atomic mass is 10.0. The zero-order valence-electron chi connectivity index (χ0n) is 14.4. The van der Waals surface area contributed by atoms with E-state index < -0.39 is 5.60 Å². The molecule has 0 saturated carbocycles. The van der Waals surface area contributed by atoms with E-state index in [1.165, 1.54) is 12.1 Å². The highest BCUT2D eigenvalue weighted by molar-refractivity contribution is 5.68. The summed E-state index contributed by atoms with van der Waals surface area (Å²) < 4.78 is 18.3. The Hall–Kier alpha value is -1.78. The van der Waals surface area contributed by atoms with Gasteiger partial charge in [0.1, 0.15) is 11.4 Å². The average molecular weight is 322 g/mol. The van der Waals surface area contributed by atoms with Crippen molar-refractivity contribution >= 4 is 11.8 Å². The number of carbonyl (C=O) groups is 1. The molecule has 1 N–H and O–H groups in total. The second-order valence-corrected chi connectivity index (χ2v) is 7.36. The zero-order chi connectivity index (χ0) is 17.0. The molecule has 128 valence electrons. The van der Waals surface area contributed by atoms with Crippen molar-refractivity contribution in [1.29, 1.82) is 0 Å². The number of nitrogens with zero attached hydrogens (tertiary/aromatic N) is 1. The Balaban J connectivity index is 1.78. The summed E-state index contributed by atoms with van der Waals surface area (Å²) in [6.07, 6.45) is 1.63. The first-order valence-electron chi connectivity index (χ1n) is 8.23. The number of halogens is 1. The largest absolute Gasteiger partial charge is 0.444 e. The maximum Gasteiger partial charge on any atom is 0.407 e. The maximum atomic E-state index is 13.0. The Bertz CT molecular complexity index is 525. The number of anilines is 1. The molecule has 1 heterocycles. The highest BCUT2D eigenvalue weighted by Crippen LogP contribution is 2.26. The smallest absolute Gasteiger partial charge is 0.407 e. The van der Waals surface area contributed by atoms with Crippen LogP contribution in [0.5, 0.6) is 0 Å². The number of alkyl carbamates (subject to hydrolysis) is 1. The van der Waals surface area contributed by atoms with Gasteiger partial charge in [0.15, 0.2) is 0 Å². The van der Waals surface area contributed by atoms with E-state index in [2.05, 4.69) is 10.2 Å². The Kier molecular flexibility index (Phi) is 5.50. The Morgan fingerprint density at radius 1 is 1.39 bits per heavy atom. The van der Waals surface area contributed by atoms with Crippen LogP contribution in [0.25, 0.3) is 0 Å². The molecule has 1 fully saturated rings. The van der Waals surface area contributed by atoms with Gasteiger partial charge in [-0.3, -0.25) is 0 Å². The van der Waals surface area contributed by atoms with Gasteiger partial charge >= 0.3 is 6.09 Å². The van der Waals surface area contributed by atoms with Crippen LogP contribution in [0.4, 0.5) is 14.9 Å². The minimum Gasteiger partial charge on any atom is -0.444 e. The molecule has 1 aliphatic rings. The number of nitrogens with one attached hydrogen (secondary N) is 1. The number of ether oxygens (including phenoxy) is 1. The lowest BCUT2D eigenvalue weighted by Crippen LogP contribution is -2.38. The quantitative estimate of drug-likeness (QED) is 0.912. The minimum atomic E-state index is -0.476. The molecule has 0 radical (unpaired) electrons. The van der Waals surface area contributed by atoms with Gasteiger partial charge < -0.3 is 15.0 Å². The Morgan fingerprint density at radius 3 is 2.65 bits per heavy atom. The van der Waals surface area contributed by atoms with E-state index in [-0.39, 0.29) is 18.0 Å². The van der Waals surface area contributed by atoms with Gasteiger partial charge in [0.25, 0.3) is 0 Å². The van der Waals surface area contributed by atoms with Crippen LogP contribution in [-0.2, 0) is 4.74 Å². The summed E-state index contributed by atoms with van der Waals surface area (Å²) in [5.41, 5.74) is 0.581. The van der Waals surface area contributed by atoms with Gasteiger partial charge in [-0.2, -0.15) is 0 Å².